The molecule has 4 heteroatoms. The first kappa shape index (κ1) is 12.3. The van der Waals surface area contributed by atoms with Crippen molar-refractivity contribution in [2.24, 2.45) is 5.92 Å². The van der Waals surface area contributed by atoms with Gasteiger partial charge in [0.05, 0.1) is 6.10 Å². The molecule has 1 saturated heterocycles. The van der Waals surface area contributed by atoms with Crippen LogP contribution in [0.15, 0.2) is 18.2 Å². The van der Waals surface area contributed by atoms with Crippen LogP contribution in [0.2, 0.25) is 5.02 Å². The highest BCUT2D eigenvalue weighted by Gasteiger charge is 2.45. The molecule has 0 amide bonds. The molecule has 0 bridgehead atoms. The number of aliphatic hydroxyl groups is 1. The summed E-state index contributed by atoms with van der Waals surface area (Å²) in [6.07, 6.45) is 1.12. The van der Waals surface area contributed by atoms with Crippen LogP contribution >= 0.6 is 11.6 Å². The predicted octanol–water partition coefficient (Wildman–Crippen LogP) is 2.52. The van der Waals surface area contributed by atoms with Crippen molar-refractivity contribution in [2.75, 3.05) is 13.1 Å². The van der Waals surface area contributed by atoms with E-state index in [1.807, 2.05) is 12.1 Å². The molecule has 2 unspecified atom stereocenters. The summed E-state index contributed by atoms with van der Waals surface area (Å²) in [4.78, 5) is 0. The molecule has 1 aromatic rings. The van der Waals surface area contributed by atoms with Crippen LogP contribution in [0, 0.1) is 5.92 Å². The summed E-state index contributed by atoms with van der Waals surface area (Å²) in [7, 11) is 0. The smallest absolute Gasteiger partial charge is 0.126 e. The van der Waals surface area contributed by atoms with Gasteiger partial charge in [0, 0.05) is 29.5 Å². The Morgan fingerprint density at radius 1 is 1.50 bits per heavy atom. The SMILES string of the molecule is CC1CNCCC12C[C@@H](O)c1cc(Cl)ccc1O2. The molecule has 2 aliphatic rings. The topological polar surface area (TPSA) is 41.5 Å². The Bertz CT molecular complexity index is 465. The van der Waals surface area contributed by atoms with Gasteiger partial charge >= 0.3 is 0 Å². The van der Waals surface area contributed by atoms with Gasteiger partial charge in [0.25, 0.3) is 0 Å². The van der Waals surface area contributed by atoms with Crippen molar-refractivity contribution in [3.63, 3.8) is 0 Å². The Balaban J connectivity index is 1.98. The van der Waals surface area contributed by atoms with E-state index >= 15 is 0 Å². The number of aliphatic hydroxyl groups excluding tert-OH is 1. The van der Waals surface area contributed by atoms with Crippen LogP contribution in [-0.4, -0.2) is 23.8 Å². The number of rotatable bonds is 0. The van der Waals surface area contributed by atoms with E-state index in [9.17, 15) is 5.11 Å². The Hall–Kier alpha value is -0.770. The highest BCUT2D eigenvalue weighted by atomic mass is 35.5. The third kappa shape index (κ3) is 1.91. The third-order valence-corrected chi connectivity index (χ3v) is 4.49. The molecule has 18 heavy (non-hydrogen) atoms. The lowest BCUT2D eigenvalue weighted by Crippen LogP contribution is -2.55. The van der Waals surface area contributed by atoms with Gasteiger partial charge in [-0.1, -0.05) is 18.5 Å². The van der Waals surface area contributed by atoms with E-state index in [0.717, 1.165) is 30.8 Å². The molecule has 0 aromatic heterocycles. The van der Waals surface area contributed by atoms with Crippen molar-refractivity contribution in [3.05, 3.63) is 28.8 Å². The minimum absolute atomic E-state index is 0.231. The zero-order chi connectivity index (χ0) is 12.8. The van der Waals surface area contributed by atoms with Gasteiger partial charge in [-0.2, -0.15) is 0 Å². The average Bonchev–Trinajstić information content (AvgIpc) is 2.34. The second kappa shape index (κ2) is 4.41. The summed E-state index contributed by atoms with van der Waals surface area (Å²) in [6, 6.07) is 5.49. The summed E-state index contributed by atoms with van der Waals surface area (Å²) >= 11 is 5.97. The fourth-order valence-corrected chi connectivity index (χ4v) is 3.26. The fraction of sp³-hybridized carbons (Fsp3) is 0.571. The first-order valence-electron chi connectivity index (χ1n) is 6.48. The zero-order valence-corrected chi connectivity index (χ0v) is 11.2. The van der Waals surface area contributed by atoms with E-state index in [-0.39, 0.29) is 5.60 Å². The second-order valence-electron chi connectivity index (χ2n) is 5.42. The van der Waals surface area contributed by atoms with Gasteiger partial charge in [0.2, 0.25) is 0 Å². The Morgan fingerprint density at radius 3 is 3.11 bits per heavy atom. The molecule has 2 aliphatic heterocycles. The van der Waals surface area contributed by atoms with Crippen molar-refractivity contribution in [1.29, 1.82) is 0 Å². The summed E-state index contributed by atoms with van der Waals surface area (Å²) in [5.74, 6) is 1.18. The minimum Gasteiger partial charge on any atom is -0.486 e. The normalized spacial score (nSPS) is 35.1. The molecule has 1 fully saturated rings. The van der Waals surface area contributed by atoms with Gasteiger partial charge in [-0.15, -0.1) is 0 Å². The quantitative estimate of drug-likeness (QED) is 0.759. The molecule has 1 spiro atoms. The summed E-state index contributed by atoms with van der Waals surface area (Å²) in [5, 5.41) is 14.4. The summed E-state index contributed by atoms with van der Waals surface area (Å²) < 4.78 is 6.24. The number of halogens is 1. The Morgan fingerprint density at radius 2 is 2.33 bits per heavy atom. The van der Waals surface area contributed by atoms with Crippen LogP contribution in [0.1, 0.15) is 31.4 Å². The molecule has 1 aromatic carbocycles. The van der Waals surface area contributed by atoms with Crippen LogP contribution in [0.4, 0.5) is 0 Å². The van der Waals surface area contributed by atoms with E-state index in [0.29, 0.717) is 17.4 Å². The van der Waals surface area contributed by atoms with E-state index in [1.54, 1.807) is 6.07 Å². The standard InChI is InChI=1S/C14H18ClNO2/c1-9-8-16-5-4-14(9)7-12(17)11-6-10(15)2-3-13(11)18-14/h2-3,6,9,12,16-17H,4-5,7-8H2,1H3/t9?,12-,14?/m1/s1. The lowest BCUT2D eigenvalue weighted by Gasteiger charge is -2.47. The zero-order valence-electron chi connectivity index (χ0n) is 10.4. The Labute approximate surface area is 112 Å². The van der Waals surface area contributed by atoms with Crippen LogP contribution in [0.25, 0.3) is 0 Å². The van der Waals surface area contributed by atoms with Gasteiger partial charge < -0.3 is 15.2 Å². The van der Waals surface area contributed by atoms with Crippen molar-refractivity contribution in [3.8, 4) is 5.75 Å². The predicted molar refractivity (Wildman–Crippen MR) is 71.0 cm³/mol. The maximum absolute atomic E-state index is 10.4. The molecule has 0 aliphatic carbocycles. The molecule has 3 atom stereocenters. The second-order valence-corrected chi connectivity index (χ2v) is 5.86. The van der Waals surface area contributed by atoms with Crippen LogP contribution in [0.3, 0.4) is 0 Å². The molecule has 0 radical (unpaired) electrons. The number of hydrogen-bond donors (Lipinski definition) is 2. The monoisotopic (exact) mass is 267 g/mol. The van der Waals surface area contributed by atoms with E-state index in [2.05, 4.69) is 12.2 Å². The maximum Gasteiger partial charge on any atom is 0.126 e. The van der Waals surface area contributed by atoms with Crippen LogP contribution < -0.4 is 10.1 Å². The largest absolute Gasteiger partial charge is 0.486 e. The van der Waals surface area contributed by atoms with Gasteiger partial charge in [0.15, 0.2) is 0 Å². The first-order chi connectivity index (χ1) is 8.61. The number of fused-ring (bicyclic) bond motifs is 1. The molecule has 3 rings (SSSR count). The summed E-state index contributed by atoms with van der Waals surface area (Å²) in [5.41, 5.74) is 0.588. The van der Waals surface area contributed by atoms with Gasteiger partial charge in [-0.25, -0.2) is 0 Å². The number of ether oxygens (including phenoxy) is 1. The van der Waals surface area contributed by atoms with E-state index in [1.165, 1.54) is 0 Å². The fourth-order valence-electron chi connectivity index (χ4n) is 3.08. The van der Waals surface area contributed by atoms with Crippen molar-refractivity contribution < 1.29 is 9.84 Å². The van der Waals surface area contributed by atoms with Gasteiger partial charge in [0.1, 0.15) is 11.4 Å². The molecular weight excluding hydrogens is 250 g/mol. The highest BCUT2D eigenvalue weighted by molar-refractivity contribution is 6.30. The minimum atomic E-state index is -0.479. The maximum atomic E-state index is 10.4. The number of piperidine rings is 1. The molecule has 0 saturated carbocycles. The molecule has 3 nitrogen and oxygen atoms in total. The third-order valence-electron chi connectivity index (χ3n) is 4.26. The highest BCUT2D eigenvalue weighted by Crippen LogP contribution is 2.45. The number of nitrogens with one attached hydrogen (secondary N) is 1. The number of benzene rings is 1. The average molecular weight is 268 g/mol. The van der Waals surface area contributed by atoms with Gasteiger partial charge in [-0.3, -0.25) is 0 Å². The van der Waals surface area contributed by atoms with Gasteiger partial charge in [-0.05, 0) is 31.2 Å². The number of hydrogen-bond acceptors (Lipinski definition) is 3. The molecule has 2 N–H and O–H groups in total. The van der Waals surface area contributed by atoms with E-state index < -0.39 is 6.10 Å². The van der Waals surface area contributed by atoms with Crippen LogP contribution in [-0.2, 0) is 0 Å². The van der Waals surface area contributed by atoms with Crippen molar-refractivity contribution >= 4 is 11.6 Å². The first-order valence-corrected chi connectivity index (χ1v) is 6.86. The lowest BCUT2D eigenvalue weighted by molar-refractivity contribution is -0.0659. The van der Waals surface area contributed by atoms with Crippen molar-refractivity contribution in [1.82, 2.24) is 5.32 Å². The molecule has 2 heterocycles. The molecule has 98 valence electrons. The van der Waals surface area contributed by atoms with Crippen LogP contribution in [0.5, 0.6) is 5.75 Å². The van der Waals surface area contributed by atoms with Crippen molar-refractivity contribution in [2.45, 2.75) is 31.5 Å². The Kier molecular flexibility index (Phi) is 3.00. The molecular formula is C14H18ClNO2. The van der Waals surface area contributed by atoms with E-state index in [4.69, 9.17) is 16.3 Å². The lowest BCUT2D eigenvalue weighted by atomic mass is 9.76. The summed E-state index contributed by atoms with van der Waals surface area (Å²) in [6.45, 7) is 4.06.